The summed E-state index contributed by atoms with van der Waals surface area (Å²) in [5.41, 5.74) is 2.31. The molecule has 0 radical (unpaired) electrons. The Morgan fingerprint density at radius 3 is 2.41 bits per heavy atom. The van der Waals surface area contributed by atoms with E-state index in [9.17, 15) is 0 Å². The van der Waals surface area contributed by atoms with Crippen molar-refractivity contribution in [3.8, 4) is 0 Å². The molecule has 2 rings (SSSR count). The Hall–Kier alpha value is -0.710. The Balaban J connectivity index is 1.85. The van der Waals surface area contributed by atoms with E-state index < -0.39 is 0 Å². The van der Waals surface area contributed by atoms with Gasteiger partial charge in [-0.2, -0.15) is 0 Å². The maximum atomic E-state index is 4.37. The molecule has 4 heteroatoms. The molecule has 0 saturated heterocycles. The van der Waals surface area contributed by atoms with Gasteiger partial charge in [0.1, 0.15) is 4.60 Å². The summed E-state index contributed by atoms with van der Waals surface area (Å²) in [6.45, 7) is 1.62. The van der Waals surface area contributed by atoms with Gasteiger partial charge in [0.05, 0.1) is 5.69 Å². The van der Waals surface area contributed by atoms with Crippen LogP contribution >= 0.6 is 31.9 Å². The molecule has 0 atom stereocenters. The average Bonchev–Trinajstić information content (AvgIpc) is 2.32. The van der Waals surface area contributed by atoms with E-state index in [0.717, 1.165) is 27.9 Å². The first kappa shape index (κ1) is 12.7. The Bertz CT molecular complexity index is 483. The number of hydrogen-bond acceptors (Lipinski definition) is 2. The fourth-order valence-electron chi connectivity index (χ4n) is 1.49. The molecule has 0 saturated carbocycles. The maximum Gasteiger partial charge on any atom is 0.106 e. The van der Waals surface area contributed by atoms with Crippen LogP contribution in [-0.4, -0.2) is 4.98 Å². The molecular formula is C13H12Br2N2. The van der Waals surface area contributed by atoms with Crippen LogP contribution in [0.4, 0.5) is 0 Å². The maximum absolute atomic E-state index is 4.37. The molecule has 1 aromatic carbocycles. The molecule has 1 heterocycles. The van der Waals surface area contributed by atoms with Crippen LogP contribution < -0.4 is 5.32 Å². The third kappa shape index (κ3) is 4.22. The van der Waals surface area contributed by atoms with E-state index >= 15 is 0 Å². The van der Waals surface area contributed by atoms with E-state index in [1.54, 1.807) is 0 Å². The van der Waals surface area contributed by atoms with Crippen LogP contribution in [0.3, 0.4) is 0 Å². The summed E-state index contributed by atoms with van der Waals surface area (Å²) in [7, 11) is 0. The number of hydrogen-bond donors (Lipinski definition) is 1. The number of halogens is 2. The van der Waals surface area contributed by atoms with Crippen molar-refractivity contribution < 1.29 is 0 Å². The lowest BCUT2D eigenvalue weighted by molar-refractivity contribution is 0.678. The van der Waals surface area contributed by atoms with Gasteiger partial charge in [0.25, 0.3) is 0 Å². The molecule has 1 N–H and O–H groups in total. The smallest absolute Gasteiger partial charge is 0.106 e. The summed E-state index contributed by atoms with van der Waals surface area (Å²) < 4.78 is 1.98. The molecular weight excluding hydrogens is 344 g/mol. The second-order valence-electron chi connectivity index (χ2n) is 3.68. The normalized spacial score (nSPS) is 10.5. The highest BCUT2D eigenvalue weighted by atomic mass is 79.9. The Kier molecular flexibility index (Phi) is 4.71. The summed E-state index contributed by atoms with van der Waals surface area (Å²) in [5, 5.41) is 3.37. The Labute approximate surface area is 118 Å². The van der Waals surface area contributed by atoms with Gasteiger partial charge in [0.2, 0.25) is 0 Å². The number of benzene rings is 1. The van der Waals surface area contributed by atoms with Gasteiger partial charge in [-0.3, -0.25) is 0 Å². The molecule has 0 unspecified atom stereocenters. The average molecular weight is 356 g/mol. The van der Waals surface area contributed by atoms with Gasteiger partial charge in [-0.25, -0.2) is 4.98 Å². The van der Waals surface area contributed by atoms with Crippen molar-refractivity contribution in [1.29, 1.82) is 0 Å². The summed E-state index contributed by atoms with van der Waals surface area (Å²) in [6.07, 6.45) is 0. The zero-order valence-electron chi connectivity index (χ0n) is 9.16. The van der Waals surface area contributed by atoms with Gasteiger partial charge >= 0.3 is 0 Å². The van der Waals surface area contributed by atoms with Crippen LogP contribution in [0.5, 0.6) is 0 Å². The molecule has 0 aliphatic heterocycles. The molecule has 2 nitrogen and oxygen atoms in total. The van der Waals surface area contributed by atoms with Crippen LogP contribution in [-0.2, 0) is 13.1 Å². The largest absolute Gasteiger partial charge is 0.307 e. The molecule has 0 amide bonds. The number of nitrogens with one attached hydrogen (secondary N) is 1. The van der Waals surface area contributed by atoms with E-state index in [4.69, 9.17) is 0 Å². The first-order chi connectivity index (χ1) is 8.24. The van der Waals surface area contributed by atoms with Crippen molar-refractivity contribution in [3.05, 3.63) is 62.8 Å². The predicted octanol–water partition coefficient (Wildman–Crippen LogP) is 3.90. The zero-order chi connectivity index (χ0) is 12.1. The lowest BCUT2D eigenvalue weighted by Crippen LogP contribution is -2.13. The highest BCUT2D eigenvalue weighted by molar-refractivity contribution is 9.10. The summed E-state index contributed by atoms with van der Waals surface area (Å²) in [4.78, 5) is 4.37. The van der Waals surface area contributed by atoms with E-state index in [-0.39, 0.29) is 0 Å². The van der Waals surface area contributed by atoms with Crippen LogP contribution in [0, 0.1) is 0 Å². The SMILES string of the molecule is Brc1ccc(CNCc2cccc(Br)n2)cc1. The van der Waals surface area contributed by atoms with Crippen LogP contribution in [0.25, 0.3) is 0 Å². The highest BCUT2D eigenvalue weighted by Gasteiger charge is 1.96. The summed E-state index contributed by atoms with van der Waals surface area (Å²) >= 11 is 6.79. The van der Waals surface area contributed by atoms with Gasteiger partial charge in [-0.05, 0) is 45.8 Å². The molecule has 2 aromatic rings. The lowest BCUT2D eigenvalue weighted by atomic mass is 10.2. The van der Waals surface area contributed by atoms with Crippen LogP contribution in [0.1, 0.15) is 11.3 Å². The van der Waals surface area contributed by atoms with E-state index in [1.165, 1.54) is 5.56 Å². The molecule has 1 aromatic heterocycles. The van der Waals surface area contributed by atoms with Gasteiger partial charge in [-0.15, -0.1) is 0 Å². The summed E-state index contributed by atoms with van der Waals surface area (Å²) in [6, 6.07) is 14.2. The second kappa shape index (κ2) is 6.28. The monoisotopic (exact) mass is 354 g/mol. The summed E-state index contributed by atoms with van der Waals surface area (Å²) in [5.74, 6) is 0. The third-order valence-corrected chi connectivity index (χ3v) is 3.29. The molecule has 0 aliphatic rings. The van der Waals surface area contributed by atoms with Crippen molar-refractivity contribution in [2.75, 3.05) is 0 Å². The Morgan fingerprint density at radius 2 is 1.71 bits per heavy atom. The fraction of sp³-hybridized carbons (Fsp3) is 0.154. The van der Waals surface area contributed by atoms with Crippen molar-refractivity contribution in [1.82, 2.24) is 10.3 Å². The number of rotatable bonds is 4. The van der Waals surface area contributed by atoms with Gasteiger partial charge in [-0.1, -0.05) is 34.1 Å². The van der Waals surface area contributed by atoms with E-state index in [2.05, 4.69) is 54.3 Å². The van der Waals surface area contributed by atoms with Crippen molar-refractivity contribution >= 4 is 31.9 Å². The lowest BCUT2D eigenvalue weighted by Gasteiger charge is -2.05. The first-order valence-corrected chi connectivity index (χ1v) is 6.89. The molecule has 0 spiro atoms. The van der Waals surface area contributed by atoms with Crippen LogP contribution in [0.2, 0.25) is 0 Å². The minimum absolute atomic E-state index is 0.773. The van der Waals surface area contributed by atoms with Gasteiger partial charge in [0.15, 0.2) is 0 Å². The quantitative estimate of drug-likeness (QED) is 0.841. The first-order valence-electron chi connectivity index (χ1n) is 5.30. The van der Waals surface area contributed by atoms with E-state index in [1.807, 2.05) is 30.3 Å². The molecule has 88 valence electrons. The molecule has 0 aliphatic carbocycles. The van der Waals surface area contributed by atoms with Gasteiger partial charge < -0.3 is 5.32 Å². The second-order valence-corrected chi connectivity index (χ2v) is 5.41. The standard InChI is InChI=1S/C13H12Br2N2/c14-11-6-4-10(5-7-11)8-16-9-12-2-1-3-13(15)17-12/h1-7,16H,8-9H2. The fourth-order valence-corrected chi connectivity index (χ4v) is 2.13. The molecule has 17 heavy (non-hydrogen) atoms. The van der Waals surface area contributed by atoms with Crippen molar-refractivity contribution in [3.63, 3.8) is 0 Å². The number of pyridine rings is 1. The zero-order valence-corrected chi connectivity index (χ0v) is 12.3. The Morgan fingerprint density at radius 1 is 0.941 bits per heavy atom. The highest BCUT2D eigenvalue weighted by Crippen LogP contribution is 2.10. The minimum atomic E-state index is 0.773. The molecule has 0 fully saturated rings. The third-order valence-electron chi connectivity index (χ3n) is 2.32. The number of nitrogens with zero attached hydrogens (tertiary/aromatic N) is 1. The topological polar surface area (TPSA) is 24.9 Å². The number of aromatic nitrogens is 1. The van der Waals surface area contributed by atoms with Crippen molar-refractivity contribution in [2.45, 2.75) is 13.1 Å². The van der Waals surface area contributed by atoms with Gasteiger partial charge in [0, 0.05) is 17.6 Å². The minimum Gasteiger partial charge on any atom is -0.307 e. The predicted molar refractivity (Wildman–Crippen MR) is 76.6 cm³/mol. The van der Waals surface area contributed by atoms with E-state index in [0.29, 0.717) is 0 Å². The molecule has 0 bridgehead atoms. The van der Waals surface area contributed by atoms with Crippen molar-refractivity contribution in [2.24, 2.45) is 0 Å². The van der Waals surface area contributed by atoms with Crippen LogP contribution in [0.15, 0.2) is 51.5 Å².